The van der Waals surface area contributed by atoms with Crippen LogP contribution in [0.25, 0.3) is 0 Å². The van der Waals surface area contributed by atoms with Gasteiger partial charge >= 0.3 is 0 Å². The average Bonchev–Trinajstić information content (AvgIpc) is 2.46. The van der Waals surface area contributed by atoms with Crippen molar-refractivity contribution < 1.29 is 4.79 Å². The number of carbonyl (C=O) groups excluding carboxylic acids is 1. The molecule has 0 spiro atoms. The van der Waals surface area contributed by atoms with E-state index < -0.39 is 0 Å². The highest BCUT2D eigenvalue weighted by molar-refractivity contribution is 7.98. The second-order valence-electron chi connectivity index (χ2n) is 4.32. The quantitative estimate of drug-likeness (QED) is 0.828. The van der Waals surface area contributed by atoms with Gasteiger partial charge in [-0.3, -0.25) is 4.79 Å². The number of benzene rings is 1. The molecule has 2 rings (SSSR count). The molecular weight excluding hydrogens is 270 g/mol. The lowest BCUT2D eigenvalue weighted by Gasteiger charge is -2.08. The third-order valence-corrected chi connectivity index (χ3v) is 3.38. The van der Waals surface area contributed by atoms with Gasteiger partial charge < -0.3 is 10.6 Å². The van der Waals surface area contributed by atoms with Gasteiger partial charge in [0, 0.05) is 19.2 Å². The lowest BCUT2D eigenvalue weighted by atomic mass is 10.2. The highest BCUT2D eigenvalue weighted by Gasteiger charge is 1.98. The van der Waals surface area contributed by atoms with Crippen LogP contribution in [0.15, 0.2) is 47.6 Å². The molecule has 1 heterocycles. The first-order valence-corrected chi connectivity index (χ1v) is 7.50. The molecule has 1 aromatic carbocycles. The molecule has 1 aromatic heterocycles. The molecule has 0 aliphatic heterocycles. The number of hydrogen-bond donors (Lipinski definition) is 2. The third-order valence-electron chi connectivity index (χ3n) is 2.72. The van der Waals surface area contributed by atoms with Crippen molar-refractivity contribution in [3.05, 3.63) is 48.2 Å². The summed E-state index contributed by atoms with van der Waals surface area (Å²) in [6.45, 7) is 2.22. The molecule has 2 aromatic rings. The Morgan fingerprint density at radius 3 is 2.40 bits per heavy atom. The second-order valence-corrected chi connectivity index (χ2v) is 5.15. The fourth-order valence-electron chi connectivity index (χ4n) is 1.72. The van der Waals surface area contributed by atoms with E-state index >= 15 is 0 Å². The Morgan fingerprint density at radius 2 is 1.85 bits per heavy atom. The summed E-state index contributed by atoms with van der Waals surface area (Å²) in [4.78, 5) is 15.2. The molecule has 104 valence electrons. The van der Waals surface area contributed by atoms with E-state index in [1.54, 1.807) is 11.8 Å². The Labute approximate surface area is 123 Å². The maximum absolute atomic E-state index is 10.9. The van der Waals surface area contributed by atoms with Crippen LogP contribution >= 0.6 is 11.8 Å². The van der Waals surface area contributed by atoms with Crippen molar-refractivity contribution in [1.29, 1.82) is 0 Å². The van der Waals surface area contributed by atoms with E-state index in [2.05, 4.69) is 15.6 Å². The zero-order valence-corrected chi connectivity index (χ0v) is 12.3. The molecule has 0 unspecified atom stereocenters. The molecule has 0 aliphatic carbocycles. The number of anilines is 2. The first-order valence-electron chi connectivity index (χ1n) is 6.28. The van der Waals surface area contributed by atoms with Gasteiger partial charge in [-0.25, -0.2) is 4.98 Å². The van der Waals surface area contributed by atoms with Crippen LogP contribution in [0.5, 0.6) is 0 Å². The van der Waals surface area contributed by atoms with Gasteiger partial charge in [0.05, 0.1) is 16.9 Å². The van der Waals surface area contributed by atoms with Gasteiger partial charge in [0.15, 0.2) is 0 Å². The Hall–Kier alpha value is -2.01. The number of hydrogen-bond acceptors (Lipinski definition) is 4. The van der Waals surface area contributed by atoms with Crippen molar-refractivity contribution in [2.75, 3.05) is 16.9 Å². The maximum atomic E-state index is 10.9. The summed E-state index contributed by atoms with van der Waals surface area (Å²) >= 11 is 1.62. The van der Waals surface area contributed by atoms with Crippen molar-refractivity contribution in [3.8, 4) is 0 Å². The molecule has 0 radical (unpaired) electrons. The van der Waals surface area contributed by atoms with Crippen LogP contribution in [0, 0.1) is 0 Å². The summed E-state index contributed by atoms with van der Waals surface area (Å²) in [5.74, 6) is -0.0594. The predicted octanol–water partition coefficient (Wildman–Crippen LogP) is 3.37. The lowest BCUT2D eigenvalue weighted by Crippen LogP contribution is -2.06. The van der Waals surface area contributed by atoms with Crippen molar-refractivity contribution >= 4 is 29.0 Å². The fraction of sp³-hybridized carbons (Fsp3) is 0.200. The van der Waals surface area contributed by atoms with E-state index in [1.165, 1.54) is 6.92 Å². The van der Waals surface area contributed by atoms with Crippen molar-refractivity contribution in [1.82, 2.24) is 4.98 Å². The SMILES string of the molecule is CSc1ccc(NCc2ccc(NC(C)=O)cc2)cn1. The van der Waals surface area contributed by atoms with Crippen LogP contribution in [0.1, 0.15) is 12.5 Å². The van der Waals surface area contributed by atoms with E-state index in [1.807, 2.05) is 48.9 Å². The summed E-state index contributed by atoms with van der Waals surface area (Å²) in [7, 11) is 0. The normalized spacial score (nSPS) is 10.1. The number of thioether (sulfide) groups is 1. The number of amides is 1. The zero-order chi connectivity index (χ0) is 14.4. The van der Waals surface area contributed by atoms with Crippen LogP contribution in [-0.4, -0.2) is 17.1 Å². The molecule has 5 heteroatoms. The summed E-state index contributed by atoms with van der Waals surface area (Å²) in [5, 5.41) is 7.07. The molecular formula is C15H17N3OS. The predicted molar refractivity (Wildman–Crippen MR) is 84.1 cm³/mol. The molecule has 0 atom stereocenters. The van der Waals surface area contributed by atoms with Gasteiger partial charge in [-0.1, -0.05) is 12.1 Å². The summed E-state index contributed by atoms with van der Waals surface area (Å²) < 4.78 is 0. The first kappa shape index (κ1) is 14.4. The molecule has 4 nitrogen and oxygen atoms in total. The molecule has 0 aliphatic rings. The summed E-state index contributed by atoms with van der Waals surface area (Å²) in [5.41, 5.74) is 2.95. The van der Waals surface area contributed by atoms with Gasteiger partial charge in [-0.2, -0.15) is 0 Å². The number of pyridine rings is 1. The monoisotopic (exact) mass is 287 g/mol. The third kappa shape index (κ3) is 4.28. The number of nitrogens with zero attached hydrogens (tertiary/aromatic N) is 1. The maximum Gasteiger partial charge on any atom is 0.221 e. The number of carbonyl (C=O) groups is 1. The Morgan fingerprint density at radius 1 is 1.15 bits per heavy atom. The second kappa shape index (κ2) is 6.96. The largest absolute Gasteiger partial charge is 0.380 e. The molecule has 2 N–H and O–H groups in total. The van der Waals surface area contributed by atoms with Crippen LogP contribution in [0.2, 0.25) is 0 Å². The average molecular weight is 287 g/mol. The highest BCUT2D eigenvalue weighted by atomic mass is 32.2. The Bertz CT molecular complexity index is 567. The molecule has 0 fully saturated rings. The van der Waals surface area contributed by atoms with Crippen molar-refractivity contribution in [2.45, 2.75) is 18.5 Å². The lowest BCUT2D eigenvalue weighted by molar-refractivity contribution is -0.114. The molecule has 0 saturated heterocycles. The smallest absolute Gasteiger partial charge is 0.221 e. The van der Waals surface area contributed by atoms with E-state index in [9.17, 15) is 4.79 Å². The van der Waals surface area contributed by atoms with Crippen LogP contribution in [0.3, 0.4) is 0 Å². The molecule has 1 amide bonds. The number of aromatic nitrogens is 1. The van der Waals surface area contributed by atoms with Gasteiger partial charge in [0.1, 0.15) is 0 Å². The van der Waals surface area contributed by atoms with E-state index in [4.69, 9.17) is 0 Å². The Balaban J connectivity index is 1.91. The van der Waals surface area contributed by atoms with E-state index in [0.29, 0.717) is 0 Å². The highest BCUT2D eigenvalue weighted by Crippen LogP contribution is 2.15. The molecule has 20 heavy (non-hydrogen) atoms. The Kier molecular flexibility index (Phi) is 5.01. The van der Waals surface area contributed by atoms with Crippen molar-refractivity contribution in [2.24, 2.45) is 0 Å². The van der Waals surface area contributed by atoms with Gasteiger partial charge in [-0.15, -0.1) is 11.8 Å². The number of nitrogens with one attached hydrogen (secondary N) is 2. The van der Waals surface area contributed by atoms with E-state index in [-0.39, 0.29) is 5.91 Å². The van der Waals surface area contributed by atoms with Crippen LogP contribution < -0.4 is 10.6 Å². The van der Waals surface area contributed by atoms with Gasteiger partial charge in [-0.05, 0) is 36.1 Å². The summed E-state index contributed by atoms with van der Waals surface area (Å²) in [6, 6.07) is 11.8. The van der Waals surface area contributed by atoms with Crippen LogP contribution in [0.4, 0.5) is 11.4 Å². The molecule has 0 saturated carbocycles. The zero-order valence-electron chi connectivity index (χ0n) is 11.5. The van der Waals surface area contributed by atoms with Crippen LogP contribution in [-0.2, 0) is 11.3 Å². The standard InChI is InChI=1S/C15H17N3OS/c1-11(19)18-13-5-3-12(4-6-13)9-16-14-7-8-15(20-2)17-10-14/h3-8,10,16H,9H2,1-2H3,(H,18,19). The first-order chi connectivity index (χ1) is 9.67. The fourth-order valence-corrected chi connectivity index (χ4v) is 2.08. The van der Waals surface area contributed by atoms with Crippen molar-refractivity contribution in [3.63, 3.8) is 0 Å². The minimum Gasteiger partial charge on any atom is -0.380 e. The minimum atomic E-state index is -0.0594. The minimum absolute atomic E-state index is 0.0594. The topological polar surface area (TPSA) is 54.0 Å². The van der Waals surface area contributed by atoms with Gasteiger partial charge in [0.25, 0.3) is 0 Å². The van der Waals surface area contributed by atoms with Gasteiger partial charge in [0.2, 0.25) is 5.91 Å². The summed E-state index contributed by atoms with van der Waals surface area (Å²) in [6.07, 6.45) is 3.84. The van der Waals surface area contributed by atoms with E-state index in [0.717, 1.165) is 28.5 Å². The number of rotatable bonds is 5. The molecule has 0 bridgehead atoms.